The zero-order chi connectivity index (χ0) is 12.3. The molecule has 4 heteroatoms. The van der Waals surface area contributed by atoms with Crippen molar-refractivity contribution in [1.82, 2.24) is 5.32 Å². The van der Waals surface area contributed by atoms with Gasteiger partial charge in [-0.25, -0.2) is 0 Å². The molecule has 3 N–H and O–H groups in total. The number of aliphatic hydroxyl groups is 1. The topological polar surface area (TPSA) is 69.6 Å². The van der Waals surface area contributed by atoms with Crippen LogP contribution in [0.25, 0.3) is 0 Å². The van der Waals surface area contributed by atoms with Crippen molar-refractivity contribution in [2.45, 2.75) is 18.5 Å². The van der Waals surface area contributed by atoms with E-state index in [4.69, 9.17) is 13.3 Å². The van der Waals surface area contributed by atoms with Crippen molar-refractivity contribution in [3.63, 3.8) is 0 Å². The zero-order valence-electron chi connectivity index (χ0n) is 10.3. The first-order chi connectivity index (χ1) is 6.40. The molecular formula is C5H9NO3. The molecule has 1 heterocycles. The van der Waals surface area contributed by atoms with Gasteiger partial charge in [0.15, 0.2) is 0 Å². The summed E-state index contributed by atoms with van der Waals surface area (Å²) in [6.07, 6.45) is -6.66. The molecule has 1 aliphatic heterocycles. The Hall–Kier alpha value is -0.610. The molecule has 1 rings (SSSR count). The molecule has 0 aromatic carbocycles. The summed E-state index contributed by atoms with van der Waals surface area (Å²) in [5.74, 6) is -2.00. The number of β-amino-alcohol motifs (C(OH)–C–C–N with tert-alkyl or cyclic N) is 1. The van der Waals surface area contributed by atoms with Crippen molar-refractivity contribution in [1.29, 1.82) is 0 Å². The van der Waals surface area contributed by atoms with Crippen LogP contribution in [-0.4, -0.2) is 34.8 Å². The normalized spacial score (nSPS) is 72.1. The van der Waals surface area contributed by atoms with Gasteiger partial charge < -0.3 is 15.5 Å². The molecule has 52 valence electrons. The van der Waals surface area contributed by atoms with Crippen molar-refractivity contribution in [3.8, 4) is 0 Å². The molecule has 0 bridgehead atoms. The van der Waals surface area contributed by atoms with Gasteiger partial charge in [0.2, 0.25) is 0 Å². The molecule has 4 nitrogen and oxygen atoms in total. The van der Waals surface area contributed by atoms with Gasteiger partial charge in [-0.1, -0.05) is 0 Å². The quantitative estimate of drug-likeness (QED) is 0.424. The molecular weight excluding hydrogens is 122 g/mol. The summed E-state index contributed by atoms with van der Waals surface area (Å²) in [5.41, 5.74) is 0. The first kappa shape index (κ1) is 2.21. The van der Waals surface area contributed by atoms with E-state index >= 15 is 0 Å². The highest BCUT2D eigenvalue weighted by Gasteiger charge is 2.27. The van der Waals surface area contributed by atoms with Gasteiger partial charge in [-0.15, -0.1) is 0 Å². The Morgan fingerprint density at radius 2 is 2.67 bits per heavy atom. The minimum Gasteiger partial charge on any atom is -0.480 e. The van der Waals surface area contributed by atoms with E-state index in [9.17, 15) is 9.90 Å². The third-order valence-corrected chi connectivity index (χ3v) is 0.763. The fraction of sp³-hybridized carbons (Fsp3) is 0.800. The van der Waals surface area contributed by atoms with Gasteiger partial charge >= 0.3 is 5.97 Å². The largest absolute Gasteiger partial charge is 0.480 e. The summed E-state index contributed by atoms with van der Waals surface area (Å²) >= 11 is 0. The van der Waals surface area contributed by atoms with Crippen molar-refractivity contribution >= 4 is 5.97 Å². The highest BCUT2D eigenvalue weighted by molar-refractivity contribution is 5.73. The van der Waals surface area contributed by atoms with Crippen molar-refractivity contribution < 1.29 is 23.2 Å². The van der Waals surface area contributed by atoms with Gasteiger partial charge in [0.25, 0.3) is 0 Å². The van der Waals surface area contributed by atoms with Gasteiger partial charge in [-0.05, 0) is 0 Å². The molecule has 2 unspecified atom stereocenters. The third-order valence-electron chi connectivity index (χ3n) is 0.763. The van der Waals surface area contributed by atoms with E-state index in [1.165, 1.54) is 5.32 Å². The van der Waals surface area contributed by atoms with E-state index < -0.39 is 30.9 Å². The Balaban J connectivity index is 3.38. The van der Waals surface area contributed by atoms with Gasteiger partial charge in [0.1, 0.15) is 6.02 Å². The summed E-state index contributed by atoms with van der Waals surface area (Å²) in [4.78, 5) is 10.7. The van der Waals surface area contributed by atoms with Crippen molar-refractivity contribution in [2.75, 3.05) is 6.50 Å². The molecule has 1 fully saturated rings. The molecule has 0 radical (unpaired) electrons. The lowest BCUT2D eigenvalue weighted by Gasteiger charge is -1.99. The van der Waals surface area contributed by atoms with Crippen LogP contribution in [0.2, 0.25) is 0 Å². The van der Waals surface area contributed by atoms with Crippen LogP contribution in [0.4, 0.5) is 0 Å². The van der Waals surface area contributed by atoms with E-state index in [1.54, 1.807) is 0 Å². The van der Waals surface area contributed by atoms with Crippen LogP contribution in [0.1, 0.15) is 14.6 Å². The molecule has 2 atom stereocenters. The average Bonchev–Trinajstić information content (AvgIpc) is 2.09. The second kappa shape index (κ2) is 2.33. The standard InChI is InChI=1S/C5H9NO3/c7-3-1-4(5(8)9)6-2-3/h3-4,6-7H,1-2H2,(H,8,9)/i1D2,2D2,3D,4D. The van der Waals surface area contributed by atoms with Crippen molar-refractivity contribution in [2.24, 2.45) is 0 Å². The molecule has 0 aromatic rings. The van der Waals surface area contributed by atoms with E-state index in [0.29, 0.717) is 0 Å². The molecule has 0 aromatic heterocycles. The molecule has 9 heavy (non-hydrogen) atoms. The number of carboxylic acids is 1. The van der Waals surface area contributed by atoms with E-state index in [-0.39, 0.29) is 0 Å². The molecule has 0 spiro atoms. The number of aliphatic carboxylic acids is 1. The van der Waals surface area contributed by atoms with Gasteiger partial charge in [0.05, 0.1) is 8.82 Å². The second-order valence-electron chi connectivity index (χ2n) is 1.40. The Labute approximate surface area is 60.9 Å². The predicted octanol–water partition coefficient (Wildman–Crippen LogP) is -1.21. The summed E-state index contributed by atoms with van der Waals surface area (Å²) in [6, 6.07) is -3.10. The van der Waals surface area contributed by atoms with Crippen LogP contribution in [0.5, 0.6) is 0 Å². The highest BCUT2D eigenvalue weighted by Crippen LogP contribution is 2.05. The number of carbonyl (C=O) groups is 1. The maximum atomic E-state index is 10.7. The van der Waals surface area contributed by atoms with Gasteiger partial charge in [-0.2, -0.15) is 0 Å². The number of rotatable bonds is 1. The number of hydrogen-bond donors (Lipinski definition) is 3. The SMILES string of the molecule is [2H]C1([2H])NC([2H])(C(=O)O)C([2H])([2H])C1([2H])O. The average molecular weight is 137 g/mol. The number of hydrogen-bond acceptors (Lipinski definition) is 3. The minimum atomic E-state index is -3.36. The fourth-order valence-electron chi connectivity index (χ4n) is 0.410. The number of carboxylic acid groups (broad SMARTS) is 1. The van der Waals surface area contributed by atoms with E-state index in [1.807, 2.05) is 0 Å². The first-order valence-corrected chi connectivity index (χ1v) is 2.15. The van der Waals surface area contributed by atoms with Crippen LogP contribution in [0.3, 0.4) is 0 Å². The van der Waals surface area contributed by atoms with Crippen LogP contribution < -0.4 is 5.32 Å². The molecule has 0 aliphatic carbocycles. The zero-order valence-corrected chi connectivity index (χ0v) is 4.30. The second-order valence-corrected chi connectivity index (χ2v) is 1.40. The minimum absolute atomic E-state index is 1.47. The van der Waals surface area contributed by atoms with Crippen LogP contribution in [0, 0.1) is 0 Å². The van der Waals surface area contributed by atoms with Gasteiger partial charge in [0, 0.05) is 18.4 Å². The summed E-state index contributed by atoms with van der Waals surface area (Å²) < 4.78 is 42.9. The Bertz CT molecular complexity index is 318. The van der Waals surface area contributed by atoms with E-state index in [0.717, 1.165) is 0 Å². The van der Waals surface area contributed by atoms with Crippen LogP contribution in [-0.2, 0) is 4.79 Å². The third kappa shape index (κ3) is 1.40. The predicted molar refractivity (Wildman–Crippen MR) is 30.1 cm³/mol. The fourth-order valence-corrected chi connectivity index (χ4v) is 0.410. The monoisotopic (exact) mass is 137 g/mol. The summed E-state index contributed by atoms with van der Waals surface area (Å²) in [6.45, 7) is -3.03. The van der Waals surface area contributed by atoms with Crippen LogP contribution in [0.15, 0.2) is 0 Å². The Kier molecular flexibility index (Phi) is 0.572. The van der Waals surface area contributed by atoms with Crippen molar-refractivity contribution in [3.05, 3.63) is 0 Å². The first-order valence-electron chi connectivity index (χ1n) is 5.15. The Morgan fingerprint density at radius 3 is 2.89 bits per heavy atom. The molecule has 1 aliphatic rings. The lowest BCUT2D eigenvalue weighted by atomic mass is 10.2. The Morgan fingerprint density at radius 1 is 2.00 bits per heavy atom. The summed E-state index contributed by atoms with van der Waals surface area (Å²) in [7, 11) is 0. The summed E-state index contributed by atoms with van der Waals surface area (Å²) in [5, 5.41) is 19.4. The van der Waals surface area contributed by atoms with Gasteiger partial charge in [-0.3, -0.25) is 4.79 Å². The van der Waals surface area contributed by atoms with E-state index in [2.05, 4.69) is 0 Å². The van der Waals surface area contributed by atoms with Crippen LogP contribution >= 0.6 is 0 Å². The highest BCUT2D eigenvalue weighted by atomic mass is 16.4. The lowest BCUT2D eigenvalue weighted by molar-refractivity contribution is -0.139. The number of nitrogens with one attached hydrogen (secondary N) is 1. The molecule has 0 saturated carbocycles. The maximum Gasteiger partial charge on any atom is 0.320 e. The molecule has 1 saturated heterocycles. The molecule has 0 amide bonds. The lowest BCUT2D eigenvalue weighted by Crippen LogP contribution is -2.29. The smallest absolute Gasteiger partial charge is 0.320 e. The maximum absolute atomic E-state index is 10.7.